The minimum absolute atomic E-state index is 0.239. The number of nitrogens with one attached hydrogen (secondary N) is 1. The van der Waals surface area contributed by atoms with Crippen LogP contribution in [0.25, 0.3) is 5.82 Å². The zero-order valence-corrected chi connectivity index (χ0v) is 11.0. The molecule has 9 heteroatoms. The van der Waals surface area contributed by atoms with E-state index in [9.17, 15) is 15.5 Å². The number of rotatable bonds is 2. The molecule has 2 aliphatic heterocycles. The van der Waals surface area contributed by atoms with Gasteiger partial charge in [0.05, 0.1) is 17.4 Å². The summed E-state index contributed by atoms with van der Waals surface area (Å²) in [5, 5.41) is 41.5. The Morgan fingerprint density at radius 1 is 1.52 bits per heavy atom. The van der Waals surface area contributed by atoms with Gasteiger partial charge in [-0.05, 0) is 0 Å². The van der Waals surface area contributed by atoms with E-state index in [1.165, 1.54) is 10.8 Å². The fourth-order valence-electron chi connectivity index (χ4n) is 2.62. The number of ether oxygens (including phenoxy) is 1. The maximum atomic E-state index is 10.1. The lowest BCUT2D eigenvalue weighted by Crippen LogP contribution is -2.45. The summed E-state index contributed by atoms with van der Waals surface area (Å²) in [6.07, 6.45) is -2.82. The van der Waals surface area contributed by atoms with Crippen molar-refractivity contribution in [1.29, 1.82) is 5.26 Å². The maximum Gasteiger partial charge on any atom is 0.164 e. The summed E-state index contributed by atoms with van der Waals surface area (Å²) in [4.78, 5) is 4.23. The van der Waals surface area contributed by atoms with Crippen LogP contribution < -0.4 is 21.8 Å². The average Bonchev–Trinajstić information content (AvgIpc) is 2.99. The van der Waals surface area contributed by atoms with E-state index >= 15 is 0 Å². The van der Waals surface area contributed by atoms with Crippen LogP contribution in [-0.4, -0.2) is 51.5 Å². The van der Waals surface area contributed by atoms with E-state index in [1.54, 1.807) is 0 Å². The second kappa shape index (κ2) is 5.01. The van der Waals surface area contributed by atoms with Gasteiger partial charge >= 0.3 is 0 Å². The lowest BCUT2D eigenvalue weighted by molar-refractivity contribution is -0.0544. The lowest BCUT2D eigenvalue weighted by Gasteiger charge is -2.17. The fourth-order valence-corrected chi connectivity index (χ4v) is 2.62. The molecule has 1 unspecified atom stereocenters. The Balaban J connectivity index is 2.15. The number of nitriles is 1. The number of aromatic nitrogens is 1. The van der Waals surface area contributed by atoms with Crippen LogP contribution in [0.4, 0.5) is 0 Å². The van der Waals surface area contributed by atoms with Gasteiger partial charge in [-0.1, -0.05) is 0 Å². The van der Waals surface area contributed by atoms with E-state index in [0.717, 1.165) is 0 Å². The number of aliphatic hydroxyl groups excluding tert-OH is 3. The standard InChI is InChI=1S/C12H15N5O4/c13-1-5-2-17(11-7(5)10(14)15-4-16-11)12-9(20)8(19)6(3-18)21-12/h2,6,8-9,12,15,18-20H,3-4,14H2/t6-,8?,9+,12-/m1/s1. The lowest BCUT2D eigenvalue weighted by atomic mass is 10.1. The number of hydrogen-bond acceptors (Lipinski definition) is 8. The molecular weight excluding hydrogens is 278 g/mol. The molecule has 0 saturated carbocycles. The van der Waals surface area contributed by atoms with Crippen LogP contribution in [0.5, 0.6) is 0 Å². The van der Waals surface area contributed by atoms with E-state index < -0.39 is 31.1 Å². The number of aliphatic hydroxyl groups is 3. The summed E-state index contributed by atoms with van der Waals surface area (Å²) in [7, 11) is 0. The van der Waals surface area contributed by atoms with Crippen molar-refractivity contribution >= 4 is 5.82 Å². The van der Waals surface area contributed by atoms with Crippen LogP contribution in [0.15, 0.2) is 11.2 Å². The van der Waals surface area contributed by atoms with Crippen LogP contribution in [0.3, 0.4) is 0 Å². The first-order chi connectivity index (χ1) is 10.1. The second-order valence-electron chi connectivity index (χ2n) is 4.90. The predicted octanol–water partition coefficient (Wildman–Crippen LogP) is -3.82. The fraction of sp³-hybridized carbons (Fsp3) is 0.500. The van der Waals surface area contributed by atoms with Gasteiger partial charge in [-0.15, -0.1) is 0 Å². The molecule has 1 saturated heterocycles. The monoisotopic (exact) mass is 293 g/mol. The SMILES string of the molecule is N#Cc1cn([C@@H]2O[C@H](CO)C(O)[C@@H]2O)c2c1=C(N)NCN=2. The Bertz CT molecular complexity index is 721. The molecule has 0 spiro atoms. The average molecular weight is 293 g/mol. The van der Waals surface area contributed by atoms with Crippen molar-refractivity contribution in [1.82, 2.24) is 9.88 Å². The van der Waals surface area contributed by atoms with E-state index in [-0.39, 0.29) is 12.2 Å². The van der Waals surface area contributed by atoms with E-state index in [1.807, 2.05) is 6.07 Å². The third kappa shape index (κ3) is 1.97. The minimum atomic E-state index is -1.24. The third-order valence-electron chi connectivity index (χ3n) is 3.69. The van der Waals surface area contributed by atoms with Gasteiger partial charge in [0.2, 0.25) is 0 Å². The number of fused-ring (bicyclic) bond motifs is 1. The summed E-state index contributed by atoms with van der Waals surface area (Å²) in [5.41, 5.74) is 6.53. The summed E-state index contributed by atoms with van der Waals surface area (Å²) in [5.74, 6) is 0.321. The minimum Gasteiger partial charge on any atom is -0.394 e. The summed E-state index contributed by atoms with van der Waals surface area (Å²) >= 11 is 0. The molecule has 0 aromatic carbocycles. The molecule has 0 bridgehead atoms. The highest BCUT2D eigenvalue weighted by Gasteiger charge is 2.43. The maximum absolute atomic E-state index is 10.1. The first-order valence-electron chi connectivity index (χ1n) is 6.40. The van der Waals surface area contributed by atoms with Crippen molar-refractivity contribution in [2.75, 3.05) is 13.3 Å². The molecule has 1 fully saturated rings. The van der Waals surface area contributed by atoms with Crippen LogP contribution in [0, 0.1) is 11.3 Å². The van der Waals surface area contributed by atoms with E-state index in [2.05, 4.69) is 10.3 Å². The van der Waals surface area contributed by atoms with Gasteiger partial charge in [0.15, 0.2) is 6.23 Å². The highest BCUT2D eigenvalue weighted by atomic mass is 16.6. The molecular formula is C12H15N5O4. The summed E-state index contributed by atoms with van der Waals surface area (Å²) in [6, 6.07) is 2.01. The Morgan fingerprint density at radius 3 is 2.90 bits per heavy atom. The normalized spacial score (nSPS) is 31.2. The highest BCUT2D eigenvalue weighted by Crippen LogP contribution is 2.28. The van der Waals surface area contributed by atoms with E-state index in [0.29, 0.717) is 16.5 Å². The Labute approximate surface area is 119 Å². The van der Waals surface area contributed by atoms with Crippen molar-refractivity contribution in [3.8, 4) is 6.07 Å². The van der Waals surface area contributed by atoms with Crippen LogP contribution in [0.2, 0.25) is 0 Å². The molecule has 1 aromatic heterocycles. The third-order valence-corrected chi connectivity index (χ3v) is 3.69. The molecule has 1 aromatic rings. The number of hydrogen-bond donors (Lipinski definition) is 5. The predicted molar refractivity (Wildman–Crippen MR) is 68.5 cm³/mol. The number of nitrogens with zero attached hydrogens (tertiary/aromatic N) is 3. The topological polar surface area (TPSA) is 149 Å². The molecule has 2 aliphatic rings. The summed E-state index contributed by atoms with van der Waals surface area (Å²) < 4.78 is 6.92. The number of nitrogens with two attached hydrogens (primary N) is 1. The molecule has 21 heavy (non-hydrogen) atoms. The van der Waals surface area contributed by atoms with E-state index in [4.69, 9.17) is 15.6 Å². The molecule has 0 aliphatic carbocycles. The van der Waals surface area contributed by atoms with Crippen molar-refractivity contribution in [2.24, 2.45) is 10.7 Å². The molecule has 0 radical (unpaired) electrons. The van der Waals surface area contributed by atoms with Gasteiger partial charge in [0.25, 0.3) is 0 Å². The zero-order chi connectivity index (χ0) is 15.1. The molecule has 4 atom stereocenters. The molecule has 0 amide bonds. The van der Waals surface area contributed by atoms with Crippen molar-refractivity contribution in [3.05, 3.63) is 22.5 Å². The molecule has 9 nitrogen and oxygen atoms in total. The van der Waals surface area contributed by atoms with Gasteiger partial charge in [0.1, 0.15) is 42.4 Å². The molecule has 6 N–H and O–H groups in total. The zero-order valence-electron chi connectivity index (χ0n) is 11.0. The van der Waals surface area contributed by atoms with Gasteiger partial charge < -0.3 is 35.7 Å². The first-order valence-corrected chi connectivity index (χ1v) is 6.40. The van der Waals surface area contributed by atoms with Gasteiger partial charge in [-0.3, -0.25) is 0 Å². The largest absolute Gasteiger partial charge is 0.394 e. The summed E-state index contributed by atoms with van der Waals surface area (Å²) in [6.45, 7) is -0.182. The van der Waals surface area contributed by atoms with Crippen molar-refractivity contribution < 1.29 is 20.1 Å². The quantitative estimate of drug-likeness (QED) is 0.375. The molecule has 3 rings (SSSR count). The first kappa shape index (κ1) is 13.8. The van der Waals surface area contributed by atoms with Crippen molar-refractivity contribution in [3.63, 3.8) is 0 Å². The van der Waals surface area contributed by atoms with Crippen LogP contribution >= 0.6 is 0 Å². The Hall–Kier alpha value is -2.12. The van der Waals surface area contributed by atoms with Gasteiger partial charge in [0, 0.05) is 6.20 Å². The molecule has 3 heterocycles. The van der Waals surface area contributed by atoms with Crippen LogP contribution in [0.1, 0.15) is 11.8 Å². The molecule has 112 valence electrons. The van der Waals surface area contributed by atoms with Crippen molar-refractivity contribution in [2.45, 2.75) is 24.5 Å². The van der Waals surface area contributed by atoms with Gasteiger partial charge in [-0.2, -0.15) is 5.26 Å². The second-order valence-corrected chi connectivity index (χ2v) is 4.90. The van der Waals surface area contributed by atoms with Gasteiger partial charge in [-0.25, -0.2) is 4.99 Å². The smallest absolute Gasteiger partial charge is 0.164 e. The van der Waals surface area contributed by atoms with Crippen LogP contribution in [-0.2, 0) is 4.74 Å². The Kier molecular flexibility index (Phi) is 3.30. The Morgan fingerprint density at radius 2 is 2.29 bits per heavy atom. The highest BCUT2D eigenvalue weighted by molar-refractivity contribution is 5.45.